The van der Waals surface area contributed by atoms with Crippen LogP contribution in [0.2, 0.25) is 0 Å². The van der Waals surface area contributed by atoms with Gasteiger partial charge in [0.25, 0.3) is 0 Å². The van der Waals surface area contributed by atoms with Gasteiger partial charge in [0.05, 0.1) is 19.8 Å². The Morgan fingerprint density at radius 1 is 1.19 bits per heavy atom. The van der Waals surface area contributed by atoms with Gasteiger partial charge in [-0.1, -0.05) is 12.8 Å². The van der Waals surface area contributed by atoms with Crippen LogP contribution >= 0.6 is 0 Å². The van der Waals surface area contributed by atoms with Crippen molar-refractivity contribution in [2.75, 3.05) is 59.6 Å². The average Bonchev–Trinajstić information content (AvgIpc) is 3.15. The minimum absolute atomic E-state index is 0.0742. The first kappa shape index (κ1) is 21.0. The summed E-state index contributed by atoms with van der Waals surface area (Å²) in [4.78, 5) is 20.7. The van der Waals surface area contributed by atoms with E-state index < -0.39 is 0 Å². The first-order chi connectivity index (χ1) is 12.7. The molecule has 2 heterocycles. The molecule has 0 amide bonds. The fourth-order valence-electron chi connectivity index (χ4n) is 3.69. The van der Waals surface area contributed by atoms with Gasteiger partial charge in [-0.05, 0) is 26.2 Å². The van der Waals surface area contributed by atoms with Crippen LogP contribution in [0.4, 0.5) is 0 Å². The molecular weight excluding hydrogens is 332 g/mol. The Bertz CT molecular complexity index is 439. The lowest BCUT2D eigenvalue weighted by Gasteiger charge is -2.32. The number of nitrogens with one attached hydrogen (secondary N) is 1. The van der Waals surface area contributed by atoms with Crippen LogP contribution in [0.15, 0.2) is 4.99 Å². The van der Waals surface area contributed by atoms with Crippen LogP contribution in [0.3, 0.4) is 0 Å². The lowest BCUT2D eigenvalue weighted by molar-refractivity contribution is -0.143. The Hall–Kier alpha value is -1.34. The Balaban J connectivity index is 1.56. The van der Waals surface area contributed by atoms with Crippen LogP contribution in [-0.2, 0) is 14.3 Å². The third kappa shape index (κ3) is 7.11. The molecule has 1 N–H and O–H groups in total. The smallest absolute Gasteiger partial charge is 0.305 e. The van der Waals surface area contributed by atoms with E-state index >= 15 is 0 Å². The molecule has 0 spiro atoms. The SMILES string of the molecule is CCOC(=O)CCCCCCNC(=NC)N1CCC(N2CCOCC2)C1. The van der Waals surface area contributed by atoms with Crippen molar-refractivity contribution in [3.8, 4) is 0 Å². The number of hydrogen-bond donors (Lipinski definition) is 1. The summed E-state index contributed by atoms with van der Waals surface area (Å²) in [5, 5.41) is 3.50. The molecule has 0 aromatic carbocycles. The van der Waals surface area contributed by atoms with Crippen molar-refractivity contribution >= 4 is 11.9 Å². The number of nitrogens with zero attached hydrogens (tertiary/aromatic N) is 3. The summed E-state index contributed by atoms with van der Waals surface area (Å²) in [6, 6.07) is 0.625. The lowest BCUT2D eigenvalue weighted by atomic mass is 10.1. The summed E-state index contributed by atoms with van der Waals surface area (Å²) in [6.07, 6.45) is 5.96. The Morgan fingerprint density at radius 3 is 2.69 bits per heavy atom. The predicted molar refractivity (Wildman–Crippen MR) is 103 cm³/mol. The number of guanidine groups is 1. The Morgan fingerprint density at radius 2 is 1.96 bits per heavy atom. The van der Waals surface area contributed by atoms with Gasteiger partial charge in [-0.3, -0.25) is 14.7 Å². The number of rotatable bonds is 9. The van der Waals surface area contributed by atoms with E-state index in [0.717, 1.165) is 77.6 Å². The molecule has 2 aliphatic rings. The monoisotopic (exact) mass is 368 g/mol. The van der Waals surface area contributed by atoms with Crippen LogP contribution < -0.4 is 5.32 Å². The van der Waals surface area contributed by atoms with Crippen molar-refractivity contribution in [1.29, 1.82) is 0 Å². The number of morpholine rings is 1. The van der Waals surface area contributed by atoms with E-state index in [4.69, 9.17) is 9.47 Å². The fourth-order valence-corrected chi connectivity index (χ4v) is 3.69. The van der Waals surface area contributed by atoms with E-state index in [1.54, 1.807) is 0 Å². The van der Waals surface area contributed by atoms with Gasteiger partial charge in [-0.2, -0.15) is 0 Å². The van der Waals surface area contributed by atoms with E-state index in [0.29, 0.717) is 19.1 Å². The van der Waals surface area contributed by atoms with Crippen LogP contribution in [0.1, 0.15) is 45.4 Å². The van der Waals surface area contributed by atoms with E-state index in [1.165, 1.54) is 6.42 Å². The zero-order valence-corrected chi connectivity index (χ0v) is 16.5. The first-order valence-electron chi connectivity index (χ1n) is 10.2. The number of carbonyl (C=O) groups is 1. The molecule has 0 bridgehead atoms. The van der Waals surface area contributed by atoms with Gasteiger partial charge >= 0.3 is 5.97 Å². The molecular formula is C19H36N4O3. The number of unbranched alkanes of at least 4 members (excludes halogenated alkanes) is 3. The highest BCUT2D eigenvalue weighted by atomic mass is 16.5. The van der Waals surface area contributed by atoms with E-state index in [1.807, 2.05) is 14.0 Å². The molecule has 7 nitrogen and oxygen atoms in total. The number of likely N-dealkylation sites (tertiary alicyclic amines) is 1. The summed E-state index contributed by atoms with van der Waals surface area (Å²) >= 11 is 0. The second-order valence-corrected chi connectivity index (χ2v) is 6.98. The fraction of sp³-hybridized carbons (Fsp3) is 0.895. The molecule has 0 aromatic rings. The minimum Gasteiger partial charge on any atom is -0.466 e. The normalized spacial score (nSPS) is 21.8. The van der Waals surface area contributed by atoms with Crippen molar-refractivity contribution in [3.63, 3.8) is 0 Å². The topological polar surface area (TPSA) is 66.4 Å². The van der Waals surface area contributed by atoms with Crippen molar-refractivity contribution in [3.05, 3.63) is 0 Å². The van der Waals surface area contributed by atoms with Crippen LogP contribution in [0, 0.1) is 0 Å². The van der Waals surface area contributed by atoms with E-state index in [2.05, 4.69) is 20.1 Å². The molecule has 150 valence electrons. The number of carbonyl (C=O) groups excluding carboxylic acids is 1. The number of esters is 1. The molecule has 7 heteroatoms. The van der Waals surface area contributed by atoms with Gasteiger partial charge in [0.2, 0.25) is 0 Å². The van der Waals surface area contributed by atoms with E-state index in [9.17, 15) is 4.79 Å². The van der Waals surface area contributed by atoms with Crippen molar-refractivity contribution in [2.45, 2.75) is 51.5 Å². The Labute approximate surface area is 158 Å². The van der Waals surface area contributed by atoms with E-state index in [-0.39, 0.29) is 5.97 Å². The average molecular weight is 369 g/mol. The third-order valence-corrected chi connectivity index (χ3v) is 5.13. The lowest BCUT2D eigenvalue weighted by Crippen LogP contribution is -2.46. The highest BCUT2D eigenvalue weighted by molar-refractivity contribution is 5.80. The predicted octanol–water partition coefficient (Wildman–Crippen LogP) is 1.48. The maximum absolute atomic E-state index is 11.3. The molecule has 2 saturated heterocycles. The van der Waals surface area contributed by atoms with Gasteiger partial charge in [-0.25, -0.2) is 0 Å². The molecule has 0 saturated carbocycles. The van der Waals surface area contributed by atoms with Gasteiger partial charge in [0.15, 0.2) is 5.96 Å². The van der Waals surface area contributed by atoms with Gasteiger partial charge in [0, 0.05) is 52.2 Å². The zero-order chi connectivity index (χ0) is 18.6. The summed E-state index contributed by atoms with van der Waals surface area (Å²) in [5.41, 5.74) is 0. The highest BCUT2D eigenvalue weighted by Crippen LogP contribution is 2.17. The van der Waals surface area contributed by atoms with Gasteiger partial charge in [0.1, 0.15) is 0 Å². The molecule has 2 fully saturated rings. The third-order valence-electron chi connectivity index (χ3n) is 5.13. The molecule has 26 heavy (non-hydrogen) atoms. The van der Waals surface area contributed by atoms with Gasteiger partial charge < -0.3 is 19.7 Å². The number of ether oxygens (including phenoxy) is 2. The first-order valence-corrected chi connectivity index (χ1v) is 10.2. The number of aliphatic imine (C=N–C) groups is 1. The maximum Gasteiger partial charge on any atom is 0.305 e. The maximum atomic E-state index is 11.3. The molecule has 1 unspecified atom stereocenters. The van der Waals surface area contributed by atoms with Crippen molar-refractivity contribution in [1.82, 2.24) is 15.1 Å². The molecule has 2 rings (SSSR count). The van der Waals surface area contributed by atoms with Crippen LogP contribution in [0.25, 0.3) is 0 Å². The van der Waals surface area contributed by atoms with Gasteiger partial charge in [-0.15, -0.1) is 0 Å². The summed E-state index contributed by atoms with van der Waals surface area (Å²) < 4.78 is 10.4. The van der Waals surface area contributed by atoms with Crippen LogP contribution in [-0.4, -0.2) is 87.4 Å². The minimum atomic E-state index is -0.0742. The quantitative estimate of drug-likeness (QED) is 0.288. The highest BCUT2D eigenvalue weighted by Gasteiger charge is 2.30. The number of hydrogen-bond acceptors (Lipinski definition) is 5. The standard InChI is InChI=1S/C19H36N4O3/c1-3-26-18(24)8-6-4-5-7-10-21-19(20-2)23-11-9-17(16-23)22-12-14-25-15-13-22/h17H,3-16H2,1-2H3,(H,20,21). The zero-order valence-electron chi connectivity index (χ0n) is 16.5. The Kier molecular flexibility index (Phi) is 9.77. The summed E-state index contributed by atoms with van der Waals surface area (Å²) in [6.45, 7) is 9.21. The molecule has 2 aliphatic heterocycles. The molecule has 0 aromatic heterocycles. The molecule has 0 aliphatic carbocycles. The van der Waals surface area contributed by atoms with Crippen molar-refractivity contribution in [2.24, 2.45) is 4.99 Å². The molecule has 0 radical (unpaired) electrons. The second kappa shape index (κ2) is 12.1. The molecule has 1 atom stereocenters. The summed E-state index contributed by atoms with van der Waals surface area (Å²) in [5.74, 6) is 0.946. The summed E-state index contributed by atoms with van der Waals surface area (Å²) in [7, 11) is 1.86. The van der Waals surface area contributed by atoms with Crippen molar-refractivity contribution < 1.29 is 14.3 Å². The van der Waals surface area contributed by atoms with Crippen LogP contribution in [0.5, 0.6) is 0 Å². The largest absolute Gasteiger partial charge is 0.466 e. The second-order valence-electron chi connectivity index (χ2n) is 6.98.